The van der Waals surface area contributed by atoms with E-state index in [1.165, 1.54) is 31.3 Å². The van der Waals surface area contributed by atoms with E-state index in [9.17, 15) is 4.79 Å². The zero-order chi connectivity index (χ0) is 21.0. The topological polar surface area (TPSA) is 17.1 Å². The van der Waals surface area contributed by atoms with E-state index in [4.69, 9.17) is 0 Å². The molecular weight excluding hydrogens is 352 g/mol. The van der Waals surface area contributed by atoms with Crippen molar-refractivity contribution in [3.8, 4) is 0 Å². The molecule has 29 heavy (non-hydrogen) atoms. The smallest absolute Gasteiger partial charge is 0.155 e. The number of allylic oxidation sites excluding steroid dienone is 6. The number of hydrogen-bond acceptors (Lipinski definition) is 1. The largest absolute Gasteiger partial charge is 0.295 e. The fraction of sp³-hybridized carbons (Fsp3) is 0.750. The zero-order valence-corrected chi connectivity index (χ0v) is 19.6. The van der Waals surface area contributed by atoms with Gasteiger partial charge in [-0.2, -0.15) is 0 Å². The van der Waals surface area contributed by atoms with Crippen LogP contribution in [0.25, 0.3) is 0 Å². The van der Waals surface area contributed by atoms with Crippen LogP contribution in [0, 0.1) is 46.3 Å². The summed E-state index contributed by atoms with van der Waals surface area (Å²) in [5, 5.41) is 0. The molecule has 0 saturated heterocycles. The Labute approximate surface area is 179 Å². The van der Waals surface area contributed by atoms with E-state index in [-0.39, 0.29) is 5.41 Å². The molecule has 0 aromatic carbocycles. The normalized spacial score (nSPS) is 41.5. The molecule has 7 atom stereocenters. The van der Waals surface area contributed by atoms with Gasteiger partial charge in [0.2, 0.25) is 0 Å². The van der Waals surface area contributed by atoms with Gasteiger partial charge in [-0.3, -0.25) is 4.79 Å². The second kappa shape index (κ2) is 7.54. The van der Waals surface area contributed by atoms with Gasteiger partial charge in [0.05, 0.1) is 0 Å². The highest BCUT2D eigenvalue weighted by atomic mass is 16.1. The van der Waals surface area contributed by atoms with Crippen LogP contribution in [0.3, 0.4) is 0 Å². The van der Waals surface area contributed by atoms with Crippen molar-refractivity contribution in [1.82, 2.24) is 0 Å². The highest BCUT2D eigenvalue weighted by Gasteiger charge is 2.56. The minimum Gasteiger partial charge on any atom is -0.295 e. The molecule has 0 aromatic heterocycles. The highest BCUT2D eigenvalue weighted by Crippen LogP contribution is 2.66. The number of ketones is 1. The van der Waals surface area contributed by atoms with Crippen molar-refractivity contribution in [1.29, 1.82) is 0 Å². The van der Waals surface area contributed by atoms with Gasteiger partial charge in [-0.25, -0.2) is 0 Å². The molecule has 0 spiro atoms. The molecule has 4 aliphatic rings. The third-order valence-electron chi connectivity index (χ3n) is 9.88. The summed E-state index contributed by atoms with van der Waals surface area (Å²) in [6, 6.07) is 0. The SMILES string of the molecule is CC(C)C(C)/C=C/[C@@H](C)C1CCC2C3=CCC4=CC(=O)CC[C@]4(C)C3CC[C@@]21C. The van der Waals surface area contributed by atoms with Gasteiger partial charge in [-0.1, -0.05) is 70.9 Å². The molecule has 1 heteroatoms. The van der Waals surface area contributed by atoms with Gasteiger partial charge in [0.25, 0.3) is 0 Å². The van der Waals surface area contributed by atoms with Crippen LogP contribution < -0.4 is 0 Å². The first-order valence-electron chi connectivity index (χ1n) is 12.3. The maximum absolute atomic E-state index is 12.0. The monoisotopic (exact) mass is 394 g/mol. The Morgan fingerprint density at radius 3 is 2.48 bits per heavy atom. The fourth-order valence-electron chi connectivity index (χ4n) is 7.47. The number of carbonyl (C=O) groups excluding carboxylic acids is 1. The molecule has 0 aromatic rings. The number of hydrogen-bond donors (Lipinski definition) is 0. The molecule has 4 unspecified atom stereocenters. The van der Waals surface area contributed by atoms with Gasteiger partial charge in [-0.15, -0.1) is 0 Å². The van der Waals surface area contributed by atoms with Gasteiger partial charge in [0.15, 0.2) is 5.78 Å². The minimum atomic E-state index is 0.246. The number of rotatable bonds is 4. The Morgan fingerprint density at radius 2 is 1.76 bits per heavy atom. The Morgan fingerprint density at radius 1 is 1.00 bits per heavy atom. The van der Waals surface area contributed by atoms with Gasteiger partial charge >= 0.3 is 0 Å². The van der Waals surface area contributed by atoms with Crippen LogP contribution >= 0.6 is 0 Å². The fourth-order valence-corrected chi connectivity index (χ4v) is 7.47. The molecule has 2 saturated carbocycles. The van der Waals surface area contributed by atoms with E-state index >= 15 is 0 Å². The van der Waals surface area contributed by atoms with Crippen molar-refractivity contribution >= 4 is 5.78 Å². The lowest BCUT2D eigenvalue weighted by atomic mass is 9.50. The van der Waals surface area contributed by atoms with Crippen LogP contribution in [0.5, 0.6) is 0 Å². The van der Waals surface area contributed by atoms with Crippen molar-refractivity contribution in [2.24, 2.45) is 46.3 Å². The number of fused-ring (bicyclic) bond motifs is 5. The molecule has 1 nitrogen and oxygen atoms in total. The molecule has 4 rings (SSSR count). The van der Waals surface area contributed by atoms with Gasteiger partial charge in [0.1, 0.15) is 0 Å². The first-order valence-corrected chi connectivity index (χ1v) is 12.3. The lowest BCUT2D eigenvalue weighted by Crippen LogP contribution is -2.46. The standard InChI is InChI=1S/C28H42O/c1-18(2)19(3)7-8-20(4)24-11-12-25-23-10-9-21-17-22(29)13-15-27(21,5)26(23)14-16-28(24,25)6/h7-8,10,17-20,24-26H,9,11-16H2,1-6H3/b8-7+/t19?,20-,24?,25?,26?,27+,28-/m1/s1. The molecule has 160 valence electrons. The zero-order valence-electron chi connectivity index (χ0n) is 19.6. The van der Waals surface area contributed by atoms with Crippen molar-refractivity contribution in [3.63, 3.8) is 0 Å². The van der Waals surface area contributed by atoms with E-state index < -0.39 is 0 Å². The quantitative estimate of drug-likeness (QED) is 0.450. The van der Waals surface area contributed by atoms with E-state index in [0.29, 0.717) is 29.0 Å². The lowest BCUT2D eigenvalue weighted by molar-refractivity contribution is -0.116. The molecule has 0 bridgehead atoms. The van der Waals surface area contributed by atoms with Crippen LogP contribution in [0.4, 0.5) is 0 Å². The summed E-state index contributed by atoms with van der Waals surface area (Å²) in [4.78, 5) is 12.0. The molecule has 4 aliphatic carbocycles. The van der Waals surface area contributed by atoms with Crippen molar-refractivity contribution in [2.45, 2.75) is 86.5 Å². The van der Waals surface area contributed by atoms with E-state index in [0.717, 1.165) is 37.0 Å². The summed E-state index contributed by atoms with van der Waals surface area (Å²) in [5.41, 5.74) is 3.91. The average Bonchev–Trinajstić information content (AvgIpc) is 3.03. The van der Waals surface area contributed by atoms with Gasteiger partial charge in [-0.05, 0) is 90.9 Å². The van der Waals surface area contributed by atoms with Crippen LogP contribution in [0.15, 0.2) is 35.5 Å². The van der Waals surface area contributed by atoms with Crippen LogP contribution in [-0.2, 0) is 4.79 Å². The summed E-state index contributed by atoms with van der Waals surface area (Å²) in [6.45, 7) is 14.6. The summed E-state index contributed by atoms with van der Waals surface area (Å²) in [7, 11) is 0. The second-order valence-electron chi connectivity index (χ2n) is 11.6. The summed E-state index contributed by atoms with van der Waals surface area (Å²) >= 11 is 0. The summed E-state index contributed by atoms with van der Waals surface area (Å²) < 4.78 is 0. The van der Waals surface area contributed by atoms with Crippen molar-refractivity contribution < 1.29 is 4.79 Å². The van der Waals surface area contributed by atoms with E-state index in [2.05, 4.69) is 59.8 Å². The Hall–Kier alpha value is -1.11. The maximum atomic E-state index is 12.0. The molecule has 2 fully saturated rings. The van der Waals surface area contributed by atoms with Crippen molar-refractivity contribution in [3.05, 3.63) is 35.5 Å². The average molecular weight is 395 g/mol. The Kier molecular flexibility index (Phi) is 5.50. The predicted octanol–water partition coefficient (Wildman–Crippen LogP) is 7.54. The third kappa shape index (κ3) is 3.41. The molecule has 0 heterocycles. The number of carbonyl (C=O) groups is 1. The second-order valence-corrected chi connectivity index (χ2v) is 11.6. The van der Waals surface area contributed by atoms with Gasteiger partial charge in [0, 0.05) is 6.42 Å². The molecular formula is C28H42O. The Balaban J connectivity index is 1.57. The highest BCUT2D eigenvalue weighted by molar-refractivity contribution is 5.91. The van der Waals surface area contributed by atoms with Crippen LogP contribution in [0.2, 0.25) is 0 Å². The lowest BCUT2D eigenvalue weighted by Gasteiger charge is -2.54. The first-order chi connectivity index (χ1) is 13.7. The Bertz CT molecular complexity index is 752. The van der Waals surface area contributed by atoms with E-state index in [1.807, 2.05) is 6.08 Å². The maximum Gasteiger partial charge on any atom is 0.155 e. The molecule has 0 N–H and O–H groups in total. The van der Waals surface area contributed by atoms with E-state index in [1.54, 1.807) is 5.57 Å². The molecule has 0 amide bonds. The van der Waals surface area contributed by atoms with Crippen molar-refractivity contribution in [2.75, 3.05) is 0 Å². The predicted molar refractivity (Wildman–Crippen MR) is 122 cm³/mol. The third-order valence-corrected chi connectivity index (χ3v) is 9.88. The summed E-state index contributed by atoms with van der Waals surface area (Å²) in [6.07, 6.45) is 17.9. The van der Waals surface area contributed by atoms with Crippen LogP contribution in [-0.4, -0.2) is 5.78 Å². The minimum absolute atomic E-state index is 0.246. The first kappa shape index (κ1) is 21.1. The summed E-state index contributed by atoms with van der Waals surface area (Å²) in [5.74, 6) is 4.66. The molecule has 0 radical (unpaired) electrons. The van der Waals surface area contributed by atoms with Crippen LogP contribution in [0.1, 0.15) is 86.5 Å². The molecule has 0 aliphatic heterocycles. The van der Waals surface area contributed by atoms with Gasteiger partial charge < -0.3 is 0 Å².